The number of hydrogen-bond acceptors (Lipinski definition) is 3. The van der Waals surface area contributed by atoms with Crippen molar-refractivity contribution in [1.82, 2.24) is 0 Å². The van der Waals surface area contributed by atoms with Crippen LogP contribution in [0.4, 0.5) is 5.69 Å². The monoisotopic (exact) mass is 217 g/mol. The van der Waals surface area contributed by atoms with Crippen molar-refractivity contribution in [3.63, 3.8) is 0 Å². The number of hydrogen-bond donors (Lipinski definition) is 1. The molecule has 6 heteroatoms. The van der Waals surface area contributed by atoms with Gasteiger partial charge >= 0.3 is 35.5 Å². The number of nitro benzene ring substituents is 1. The van der Waals surface area contributed by atoms with Crippen molar-refractivity contribution in [3.8, 4) is 0 Å². The Labute approximate surface area is 108 Å². The van der Waals surface area contributed by atoms with Crippen LogP contribution in [0.5, 0.6) is 0 Å². The molecule has 15 heavy (non-hydrogen) atoms. The normalized spacial score (nSPS) is 9.60. The van der Waals surface area contributed by atoms with Crippen LogP contribution in [0.3, 0.4) is 0 Å². The Kier molecular flexibility index (Phi) is 5.84. The quantitative estimate of drug-likeness (QED) is 0.355. The predicted molar refractivity (Wildman–Crippen MR) is 56.9 cm³/mol. The number of rotatable bonds is 3. The molecule has 0 aliphatic rings. The first kappa shape index (κ1) is 13.8. The van der Waals surface area contributed by atoms with Gasteiger partial charge in [-0.3, -0.25) is 10.1 Å². The first-order valence-electron chi connectivity index (χ1n) is 3.75. The van der Waals surface area contributed by atoms with E-state index in [4.69, 9.17) is 5.11 Å². The fourth-order valence-electron chi connectivity index (χ4n) is 0.910. The van der Waals surface area contributed by atoms with E-state index < -0.39 is 10.9 Å². The fraction of sp³-hybridized carbons (Fsp3) is 0. The molecule has 1 rings (SSSR count). The number of carboxylic acid groups (broad SMARTS) is 1. The molecule has 0 aliphatic carbocycles. The summed E-state index contributed by atoms with van der Waals surface area (Å²) in [6.07, 6.45) is 2.23. The van der Waals surface area contributed by atoms with Gasteiger partial charge in [0, 0.05) is 18.2 Å². The Hall–Kier alpha value is -1.17. The molecule has 0 saturated carbocycles. The van der Waals surface area contributed by atoms with Crippen molar-refractivity contribution in [3.05, 3.63) is 46.0 Å². The van der Waals surface area contributed by atoms with E-state index in [1.165, 1.54) is 24.3 Å². The van der Waals surface area contributed by atoms with Crippen molar-refractivity contribution < 1.29 is 14.8 Å². The van der Waals surface area contributed by atoms with Crippen LogP contribution in [0.2, 0.25) is 0 Å². The van der Waals surface area contributed by atoms with Crippen molar-refractivity contribution >= 4 is 47.3 Å². The number of carboxylic acids is 1. The van der Waals surface area contributed by atoms with Crippen LogP contribution in [0, 0.1) is 10.1 Å². The second-order valence-electron chi connectivity index (χ2n) is 2.52. The molecule has 0 aliphatic heterocycles. The first-order chi connectivity index (χ1) is 6.59. The maximum atomic E-state index is 10.4. The number of carbonyl (C=O) groups is 1. The van der Waals surface area contributed by atoms with Crippen LogP contribution >= 0.6 is 0 Å². The fourth-order valence-corrected chi connectivity index (χ4v) is 0.910. The third kappa shape index (κ3) is 4.73. The molecule has 0 heterocycles. The Morgan fingerprint density at radius 2 is 2.13 bits per heavy atom. The summed E-state index contributed by atoms with van der Waals surface area (Å²) < 4.78 is 0. The second kappa shape index (κ2) is 6.34. The molecular formula is C9H8NNaO4. The zero-order chi connectivity index (χ0) is 10.6. The second-order valence-corrected chi connectivity index (χ2v) is 2.52. The minimum absolute atomic E-state index is 0. The number of nitro groups is 1. The summed E-state index contributed by atoms with van der Waals surface area (Å²) in [6, 6.07) is 5.74. The standard InChI is InChI=1S/C9H7NO4.Na.H/c11-9(12)5-4-7-2-1-3-8(6-7)10(13)14;;/h1-6H,(H,11,12);;. The van der Waals surface area contributed by atoms with Gasteiger partial charge in [-0.15, -0.1) is 0 Å². The summed E-state index contributed by atoms with van der Waals surface area (Å²) in [4.78, 5) is 20.0. The third-order valence-corrected chi connectivity index (χ3v) is 1.50. The van der Waals surface area contributed by atoms with Gasteiger partial charge in [-0.1, -0.05) is 12.1 Å². The average Bonchev–Trinajstić information content (AvgIpc) is 2.15. The summed E-state index contributed by atoms with van der Waals surface area (Å²) in [5, 5.41) is 18.7. The molecule has 0 aromatic heterocycles. The zero-order valence-electron chi connectivity index (χ0n) is 7.08. The SMILES string of the molecule is O=C(O)C=Cc1cccc([N+](=O)[O-])c1.[NaH]. The van der Waals surface area contributed by atoms with Gasteiger partial charge in [0.05, 0.1) is 4.92 Å². The topological polar surface area (TPSA) is 80.4 Å². The van der Waals surface area contributed by atoms with Crippen molar-refractivity contribution in [2.75, 3.05) is 0 Å². The van der Waals surface area contributed by atoms with Crippen LogP contribution in [-0.2, 0) is 4.79 Å². The number of non-ortho nitro benzene ring substituents is 1. The Bertz CT molecular complexity index is 403. The van der Waals surface area contributed by atoms with E-state index in [0.29, 0.717) is 5.56 Å². The molecule has 74 valence electrons. The summed E-state index contributed by atoms with van der Waals surface area (Å²) in [6.45, 7) is 0. The van der Waals surface area contributed by atoms with E-state index in [1.807, 2.05) is 0 Å². The van der Waals surface area contributed by atoms with E-state index in [9.17, 15) is 14.9 Å². The number of benzene rings is 1. The minimum atomic E-state index is -1.09. The summed E-state index contributed by atoms with van der Waals surface area (Å²) in [5.41, 5.74) is 0.430. The van der Waals surface area contributed by atoms with Gasteiger partial charge in [0.25, 0.3) is 5.69 Å². The molecule has 0 amide bonds. The molecule has 0 saturated heterocycles. The van der Waals surface area contributed by atoms with Crippen LogP contribution in [-0.4, -0.2) is 45.6 Å². The van der Waals surface area contributed by atoms with Crippen molar-refractivity contribution in [2.24, 2.45) is 0 Å². The molecule has 0 atom stereocenters. The molecule has 1 aromatic carbocycles. The van der Waals surface area contributed by atoms with Gasteiger partial charge < -0.3 is 5.11 Å². The van der Waals surface area contributed by atoms with Crippen LogP contribution in [0.25, 0.3) is 6.08 Å². The molecular weight excluding hydrogens is 209 g/mol. The van der Waals surface area contributed by atoms with Gasteiger partial charge in [-0.25, -0.2) is 4.79 Å². The Balaban J connectivity index is 0.00000196. The van der Waals surface area contributed by atoms with Crippen molar-refractivity contribution in [1.29, 1.82) is 0 Å². The van der Waals surface area contributed by atoms with E-state index in [2.05, 4.69) is 0 Å². The molecule has 1 N–H and O–H groups in total. The number of nitrogens with zero attached hydrogens (tertiary/aromatic N) is 1. The van der Waals surface area contributed by atoms with Gasteiger partial charge in [0.15, 0.2) is 0 Å². The summed E-state index contributed by atoms with van der Waals surface area (Å²) >= 11 is 0. The maximum absolute atomic E-state index is 10.4. The van der Waals surface area contributed by atoms with E-state index >= 15 is 0 Å². The van der Waals surface area contributed by atoms with Gasteiger partial charge in [0.1, 0.15) is 0 Å². The Morgan fingerprint density at radius 3 is 2.67 bits per heavy atom. The van der Waals surface area contributed by atoms with Crippen LogP contribution < -0.4 is 0 Å². The Morgan fingerprint density at radius 1 is 1.47 bits per heavy atom. The van der Waals surface area contributed by atoms with E-state index in [-0.39, 0.29) is 35.2 Å². The van der Waals surface area contributed by atoms with Gasteiger partial charge in [-0.05, 0) is 11.6 Å². The molecule has 0 bridgehead atoms. The molecule has 0 unspecified atom stereocenters. The molecule has 1 aromatic rings. The summed E-state index contributed by atoms with van der Waals surface area (Å²) in [5.74, 6) is -1.09. The molecule has 0 spiro atoms. The molecule has 5 nitrogen and oxygen atoms in total. The van der Waals surface area contributed by atoms with Gasteiger partial charge in [0.2, 0.25) is 0 Å². The van der Waals surface area contributed by atoms with Crippen LogP contribution in [0.1, 0.15) is 5.56 Å². The van der Waals surface area contributed by atoms with Crippen molar-refractivity contribution in [2.45, 2.75) is 0 Å². The number of aliphatic carboxylic acids is 1. The van der Waals surface area contributed by atoms with E-state index in [1.54, 1.807) is 6.07 Å². The van der Waals surface area contributed by atoms with Crippen LogP contribution in [0.15, 0.2) is 30.3 Å². The summed E-state index contributed by atoms with van der Waals surface area (Å²) in [7, 11) is 0. The average molecular weight is 217 g/mol. The molecule has 0 radical (unpaired) electrons. The predicted octanol–water partition coefficient (Wildman–Crippen LogP) is 1.04. The van der Waals surface area contributed by atoms with Gasteiger partial charge in [-0.2, -0.15) is 0 Å². The molecule has 0 fully saturated rings. The third-order valence-electron chi connectivity index (χ3n) is 1.50. The first-order valence-corrected chi connectivity index (χ1v) is 3.75. The zero-order valence-corrected chi connectivity index (χ0v) is 7.08. The van der Waals surface area contributed by atoms with E-state index in [0.717, 1.165) is 6.08 Å².